The lowest BCUT2D eigenvalue weighted by Crippen LogP contribution is -2.44. The fraction of sp³-hybridized carbons (Fsp3) is 0.500. The molecule has 3 N–H and O–H groups in total. The third-order valence-corrected chi connectivity index (χ3v) is 5.51. The Labute approximate surface area is 156 Å². The third kappa shape index (κ3) is 6.33. The average Bonchev–Trinajstić information content (AvgIpc) is 2.62. The molecule has 26 heavy (non-hydrogen) atoms. The topological polar surface area (TPSA) is 95.5 Å². The van der Waals surface area contributed by atoms with Gasteiger partial charge in [0.05, 0.1) is 16.4 Å². The van der Waals surface area contributed by atoms with Gasteiger partial charge in [0.15, 0.2) is 0 Å². The van der Waals surface area contributed by atoms with Crippen molar-refractivity contribution in [2.45, 2.75) is 38.9 Å². The van der Waals surface area contributed by atoms with Crippen LogP contribution in [0.5, 0.6) is 0 Å². The molecule has 0 saturated heterocycles. The lowest BCUT2D eigenvalue weighted by atomic mass is 9.82. The number of carboxylic acid groups (broad SMARTS) is 1. The van der Waals surface area contributed by atoms with E-state index in [2.05, 4.69) is 10.6 Å². The SMILES string of the molecule is CCC(CC)(CNC(=O)C(C)SCC(=O)Nc1ccc(F)cc1)C(=O)O. The van der Waals surface area contributed by atoms with Gasteiger partial charge in [-0.2, -0.15) is 0 Å². The van der Waals surface area contributed by atoms with E-state index in [9.17, 15) is 23.9 Å². The van der Waals surface area contributed by atoms with E-state index in [1.807, 2.05) is 0 Å². The van der Waals surface area contributed by atoms with Crippen molar-refractivity contribution in [1.82, 2.24) is 5.32 Å². The largest absolute Gasteiger partial charge is 0.481 e. The molecule has 0 spiro atoms. The van der Waals surface area contributed by atoms with Crippen LogP contribution in [-0.4, -0.2) is 40.4 Å². The predicted molar refractivity (Wildman–Crippen MR) is 101 cm³/mol. The van der Waals surface area contributed by atoms with Crippen LogP contribution in [0.2, 0.25) is 0 Å². The van der Waals surface area contributed by atoms with E-state index in [1.165, 1.54) is 24.3 Å². The molecule has 1 aromatic carbocycles. The first-order valence-electron chi connectivity index (χ1n) is 8.42. The molecule has 6 nitrogen and oxygen atoms in total. The number of amides is 2. The maximum Gasteiger partial charge on any atom is 0.311 e. The van der Waals surface area contributed by atoms with Gasteiger partial charge in [-0.1, -0.05) is 13.8 Å². The fourth-order valence-electron chi connectivity index (χ4n) is 2.28. The molecule has 1 atom stereocenters. The van der Waals surface area contributed by atoms with Gasteiger partial charge in [0.25, 0.3) is 0 Å². The Balaban J connectivity index is 2.45. The van der Waals surface area contributed by atoms with Gasteiger partial charge in [-0.15, -0.1) is 11.8 Å². The molecule has 0 bridgehead atoms. The van der Waals surface area contributed by atoms with Crippen molar-refractivity contribution in [2.24, 2.45) is 5.41 Å². The summed E-state index contributed by atoms with van der Waals surface area (Å²) in [6, 6.07) is 5.40. The molecule has 0 aliphatic rings. The smallest absolute Gasteiger partial charge is 0.311 e. The zero-order valence-electron chi connectivity index (χ0n) is 15.2. The number of anilines is 1. The quantitative estimate of drug-likeness (QED) is 0.576. The van der Waals surface area contributed by atoms with Gasteiger partial charge >= 0.3 is 5.97 Å². The molecule has 0 aliphatic carbocycles. The zero-order chi connectivity index (χ0) is 19.7. The number of carboxylic acids is 1. The van der Waals surface area contributed by atoms with Crippen molar-refractivity contribution in [1.29, 1.82) is 0 Å². The van der Waals surface area contributed by atoms with E-state index in [1.54, 1.807) is 20.8 Å². The number of carbonyl (C=O) groups is 3. The first kappa shape index (κ1) is 22.0. The number of nitrogens with one attached hydrogen (secondary N) is 2. The van der Waals surface area contributed by atoms with Gasteiger partial charge in [-0.25, -0.2) is 4.39 Å². The van der Waals surface area contributed by atoms with Crippen molar-refractivity contribution < 1.29 is 23.9 Å². The minimum atomic E-state index is -0.972. The normalized spacial score (nSPS) is 12.3. The Morgan fingerprint density at radius 3 is 2.27 bits per heavy atom. The van der Waals surface area contributed by atoms with Gasteiger partial charge in [0, 0.05) is 12.2 Å². The Hall–Kier alpha value is -2.09. The number of aliphatic carboxylic acids is 1. The highest BCUT2D eigenvalue weighted by atomic mass is 32.2. The van der Waals surface area contributed by atoms with Crippen LogP contribution >= 0.6 is 11.8 Å². The maximum atomic E-state index is 12.8. The molecule has 0 fully saturated rings. The number of hydrogen-bond acceptors (Lipinski definition) is 4. The summed E-state index contributed by atoms with van der Waals surface area (Å²) in [4.78, 5) is 35.5. The van der Waals surface area contributed by atoms with Gasteiger partial charge in [-0.05, 0) is 44.0 Å². The standard InChI is InChI=1S/C18H25FN2O4S/c1-4-18(5-2,17(24)25)11-20-16(23)12(3)26-10-15(22)21-14-8-6-13(19)7-9-14/h6-9,12H,4-5,10-11H2,1-3H3,(H,20,23)(H,21,22)(H,24,25). The summed E-state index contributed by atoms with van der Waals surface area (Å²) in [5.74, 6) is -1.88. The number of carbonyl (C=O) groups excluding carboxylic acids is 2. The van der Waals surface area contributed by atoms with Crippen LogP contribution in [0.15, 0.2) is 24.3 Å². The lowest BCUT2D eigenvalue weighted by Gasteiger charge is -2.27. The Bertz CT molecular complexity index is 633. The highest BCUT2D eigenvalue weighted by Crippen LogP contribution is 2.26. The monoisotopic (exact) mass is 384 g/mol. The number of halogens is 1. The number of rotatable bonds is 10. The van der Waals surface area contributed by atoms with Crippen molar-refractivity contribution >= 4 is 35.2 Å². The van der Waals surface area contributed by atoms with E-state index in [4.69, 9.17) is 0 Å². The second-order valence-electron chi connectivity index (χ2n) is 6.02. The second-order valence-corrected chi connectivity index (χ2v) is 7.35. The van der Waals surface area contributed by atoms with Crippen LogP contribution in [-0.2, 0) is 14.4 Å². The van der Waals surface area contributed by atoms with Gasteiger partial charge in [-0.3, -0.25) is 14.4 Å². The van der Waals surface area contributed by atoms with Crippen molar-refractivity contribution in [3.8, 4) is 0 Å². The van der Waals surface area contributed by atoms with Crippen LogP contribution in [0.25, 0.3) is 0 Å². The van der Waals surface area contributed by atoms with Crippen molar-refractivity contribution in [3.63, 3.8) is 0 Å². The third-order valence-electron chi connectivity index (χ3n) is 4.37. The van der Waals surface area contributed by atoms with Gasteiger partial charge in [0.1, 0.15) is 5.82 Å². The maximum absolute atomic E-state index is 12.8. The summed E-state index contributed by atoms with van der Waals surface area (Å²) in [7, 11) is 0. The minimum Gasteiger partial charge on any atom is -0.481 e. The molecule has 0 heterocycles. The van der Waals surface area contributed by atoms with Crippen molar-refractivity contribution in [3.05, 3.63) is 30.1 Å². The molecule has 1 aromatic rings. The van der Waals surface area contributed by atoms with E-state index >= 15 is 0 Å². The molecule has 0 aromatic heterocycles. The lowest BCUT2D eigenvalue weighted by molar-refractivity contribution is -0.149. The van der Waals surface area contributed by atoms with Gasteiger partial charge in [0.2, 0.25) is 11.8 Å². The van der Waals surface area contributed by atoms with Gasteiger partial charge < -0.3 is 15.7 Å². The molecule has 0 radical (unpaired) electrons. The molecular formula is C18H25FN2O4S. The number of thioether (sulfide) groups is 1. The predicted octanol–water partition coefficient (Wildman–Crippen LogP) is 2.89. The summed E-state index contributed by atoms with van der Waals surface area (Å²) >= 11 is 1.14. The Morgan fingerprint density at radius 2 is 1.77 bits per heavy atom. The van der Waals surface area contributed by atoms with E-state index in [0.29, 0.717) is 18.5 Å². The zero-order valence-corrected chi connectivity index (χ0v) is 16.0. The first-order valence-corrected chi connectivity index (χ1v) is 9.47. The molecule has 0 saturated carbocycles. The van der Waals surface area contributed by atoms with Crippen LogP contribution < -0.4 is 10.6 Å². The van der Waals surface area contributed by atoms with Crippen LogP contribution in [0.3, 0.4) is 0 Å². The fourth-order valence-corrected chi connectivity index (χ4v) is 2.99. The molecule has 2 amide bonds. The van der Waals surface area contributed by atoms with Crippen LogP contribution in [0.4, 0.5) is 10.1 Å². The number of benzene rings is 1. The van der Waals surface area contributed by atoms with E-state index in [0.717, 1.165) is 11.8 Å². The summed E-state index contributed by atoms with van der Waals surface area (Å²) < 4.78 is 12.8. The second kappa shape index (κ2) is 10.2. The summed E-state index contributed by atoms with van der Waals surface area (Å²) in [5, 5.41) is 14.2. The summed E-state index contributed by atoms with van der Waals surface area (Å²) in [6.45, 7) is 5.27. The molecule has 1 rings (SSSR count). The van der Waals surface area contributed by atoms with Crippen LogP contribution in [0.1, 0.15) is 33.6 Å². The first-order chi connectivity index (χ1) is 12.2. The molecule has 144 valence electrons. The van der Waals surface area contributed by atoms with E-state index < -0.39 is 16.6 Å². The molecular weight excluding hydrogens is 359 g/mol. The molecule has 0 aliphatic heterocycles. The number of hydrogen-bond donors (Lipinski definition) is 3. The Kier molecular flexibility index (Phi) is 8.57. The minimum absolute atomic E-state index is 0.0532. The van der Waals surface area contributed by atoms with Crippen molar-refractivity contribution in [2.75, 3.05) is 17.6 Å². The van der Waals surface area contributed by atoms with Crippen LogP contribution in [0, 0.1) is 11.2 Å². The highest BCUT2D eigenvalue weighted by molar-refractivity contribution is 8.01. The highest BCUT2D eigenvalue weighted by Gasteiger charge is 2.35. The summed E-state index contributed by atoms with van der Waals surface area (Å²) in [5.41, 5.74) is -0.494. The summed E-state index contributed by atoms with van der Waals surface area (Å²) in [6.07, 6.45) is 0.835. The average molecular weight is 384 g/mol. The molecule has 1 unspecified atom stereocenters. The molecule has 8 heteroatoms. The Morgan fingerprint density at radius 1 is 1.19 bits per heavy atom. The van der Waals surface area contributed by atoms with E-state index in [-0.39, 0.29) is 29.9 Å².